The molecular formula is C31H34F2N5O3P. The molecule has 0 saturated carbocycles. The molecule has 3 aromatic carbocycles. The molecule has 0 aliphatic carbocycles. The van der Waals surface area contributed by atoms with Crippen LogP contribution < -0.4 is 16.0 Å². The topological polar surface area (TPSA) is 95.1 Å². The third-order valence-electron chi connectivity index (χ3n) is 7.07. The fourth-order valence-electron chi connectivity index (χ4n) is 5.06. The maximum atomic E-state index is 14.1. The normalized spacial score (nSPS) is 16.6. The SMILES string of the molecule is CC(C)(C)NC(=O)N1CCc2c(-c3cccc(C(F)(F)P)c3)ccc(C(=O)NCC3=NOC(c4ccccc4)N3)c2C1. The lowest BCUT2D eigenvalue weighted by molar-refractivity contribution is 0.0729. The number of nitrogens with zero attached hydrogens (tertiary/aromatic N) is 2. The van der Waals surface area contributed by atoms with Crippen LogP contribution in [-0.4, -0.2) is 41.3 Å². The van der Waals surface area contributed by atoms with Gasteiger partial charge in [0.1, 0.15) is 0 Å². The highest BCUT2D eigenvalue weighted by Gasteiger charge is 2.30. The van der Waals surface area contributed by atoms with Crippen molar-refractivity contribution >= 4 is 27.0 Å². The largest absolute Gasteiger partial charge is 0.364 e. The van der Waals surface area contributed by atoms with Crippen LogP contribution in [0.5, 0.6) is 0 Å². The lowest BCUT2D eigenvalue weighted by atomic mass is 9.87. The van der Waals surface area contributed by atoms with E-state index in [1.165, 1.54) is 12.1 Å². The molecule has 3 N–H and O–H groups in total. The van der Waals surface area contributed by atoms with Crippen molar-refractivity contribution < 1.29 is 23.2 Å². The number of carbonyl (C=O) groups is 2. The Balaban J connectivity index is 1.41. The average Bonchev–Trinajstić information content (AvgIpc) is 3.43. The summed E-state index contributed by atoms with van der Waals surface area (Å²) in [5, 5.41) is 13.1. The van der Waals surface area contributed by atoms with E-state index in [4.69, 9.17) is 4.84 Å². The molecule has 2 aliphatic rings. The van der Waals surface area contributed by atoms with Crippen LogP contribution in [0, 0.1) is 0 Å². The molecule has 11 heteroatoms. The zero-order valence-electron chi connectivity index (χ0n) is 23.7. The molecule has 0 fully saturated rings. The molecule has 2 unspecified atom stereocenters. The summed E-state index contributed by atoms with van der Waals surface area (Å²) in [6.07, 6.45) is 0.0239. The van der Waals surface area contributed by atoms with E-state index < -0.39 is 17.4 Å². The third kappa shape index (κ3) is 6.71. The van der Waals surface area contributed by atoms with Crippen LogP contribution in [0.3, 0.4) is 0 Å². The number of alkyl halides is 2. The van der Waals surface area contributed by atoms with Gasteiger partial charge in [-0.1, -0.05) is 69.0 Å². The van der Waals surface area contributed by atoms with Crippen LogP contribution in [0.4, 0.5) is 13.6 Å². The second kappa shape index (κ2) is 11.7. The number of oxime groups is 1. The Morgan fingerprint density at radius 1 is 1.07 bits per heavy atom. The molecule has 0 radical (unpaired) electrons. The lowest BCUT2D eigenvalue weighted by Crippen LogP contribution is -2.50. The monoisotopic (exact) mass is 593 g/mol. The molecule has 5 rings (SSSR count). The quantitative estimate of drug-likeness (QED) is 0.329. The van der Waals surface area contributed by atoms with Gasteiger partial charge in [-0.25, -0.2) is 4.79 Å². The summed E-state index contributed by atoms with van der Waals surface area (Å²) in [4.78, 5) is 33.7. The van der Waals surface area contributed by atoms with Gasteiger partial charge in [-0.2, -0.15) is 8.78 Å². The van der Waals surface area contributed by atoms with Gasteiger partial charge in [0, 0.05) is 35.3 Å². The van der Waals surface area contributed by atoms with Crippen molar-refractivity contribution in [1.29, 1.82) is 0 Å². The summed E-state index contributed by atoms with van der Waals surface area (Å²) in [6, 6.07) is 19.0. The Morgan fingerprint density at radius 2 is 1.83 bits per heavy atom. The molecular weight excluding hydrogens is 559 g/mol. The Labute approximate surface area is 246 Å². The number of benzene rings is 3. The van der Waals surface area contributed by atoms with E-state index in [0.717, 1.165) is 16.7 Å². The zero-order valence-corrected chi connectivity index (χ0v) is 24.9. The van der Waals surface area contributed by atoms with Crippen molar-refractivity contribution in [2.45, 2.75) is 51.2 Å². The van der Waals surface area contributed by atoms with Gasteiger partial charge in [0.15, 0.2) is 5.84 Å². The number of hydrogen-bond acceptors (Lipinski definition) is 5. The van der Waals surface area contributed by atoms with Crippen molar-refractivity contribution in [1.82, 2.24) is 20.9 Å². The molecule has 0 bridgehead atoms. The van der Waals surface area contributed by atoms with Crippen molar-refractivity contribution in [2.75, 3.05) is 13.1 Å². The Kier molecular flexibility index (Phi) is 8.19. The molecule has 2 heterocycles. The fraction of sp³-hybridized carbons (Fsp3) is 0.323. The smallest absolute Gasteiger partial charge is 0.318 e. The van der Waals surface area contributed by atoms with E-state index >= 15 is 0 Å². The van der Waals surface area contributed by atoms with Crippen LogP contribution in [0.1, 0.15) is 59.6 Å². The second-order valence-corrected chi connectivity index (χ2v) is 12.2. The molecule has 2 atom stereocenters. The van der Waals surface area contributed by atoms with Gasteiger partial charge < -0.3 is 25.7 Å². The van der Waals surface area contributed by atoms with Crippen LogP contribution in [0.2, 0.25) is 0 Å². The first-order chi connectivity index (χ1) is 19.9. The first-order valence-corrected chi connectivity index (χ1v) is 14.3. The maximum absolute atomic E-state index is 14.1. The highest BCUT2D eigenvalue weighted by Crippen LogP contribution is 2.38. The summed E-state index contributed by atoms with van der Waals surface area (Å²) in [5.74, 6) is 0.137. The third-order valence-corrected chi connectivity index (χ3v) is 7.40. The number of fused-ring (bicyclic) bond motifs is 1. The van der Waals surface area contributed by atoms with Crippen LogP contribution in [0.25, 0.3) is 11.1 Å². The number of urea groups is 1. The van der Waals surface area contributed by atoms with Gasteiger partial charge in [-0.3, -0.25) is 4.79 Å². The van der Waals surface area contributed by atoms with Crippen molar-refractivity contribution in [3.63, 3.8) is 0 Å². The number of carbonyl (C=O) groups excluding carboxylic acids is 2. The number of rotatable bonds is 6. The second-order valence-electron chi connectivity index (χ2n) is 11.4. The van der Waals surface area contributed by atoms with Crippen molar-refractivity contribution in [3.05, 3.63) is 94.5 Å². The van der Waals surface area contributed by atoms with E-state index in [1.807, 2.05) is 51.1 Å². The number of halogens is 2. The van der Waals surface area contributed by atoms with Crippen LogP contribution in [-0.2, 0) is 23.5 Å². The first kappa shape index (κ1) is 29.5. The van der Waals surface area contributed by atoms with E-state index in [2.05, 4.69) is 21.1 Å². The van der Waals surface area contributed by atoms with Gasteiger partial charge in [-0.05, 0) is 61.6 Å². The Morgan fingerprint density at radius 3 is 2.55 bits per heavy atom. The summed E-state index contributed by atoms with van der Waals surface area (Å²) in [6.45, 7) is 6.44. The maximum Gasteiger partial charge on any atom is 0.318 e. The van der Waals surface area contributed by atoms with Gasteiger partial charge in [0.2, 0.25) is 6.23 Å². The number of hydrogen-bond donors (Lipinski definition) is 3. The Bertz CT molecular complexity index is 1520. The van der Waals surface area contributed by atoms with Crippen molar-refractivity contribution in [3.8, 4) is 11.1 Å². The number of amidine groups is 1. The molecule has 220 valence electrons. The number of amides is 3. The van der Waals surface area contributed by atoms with Gasteiger partial charge >= 0.3 is 6.03 Å². The molecule has 0 saturated heterocycles. The molecule has 0 aromatic heterocycles. The average molecular weight is 594 g/mol. The fourth-order valence-corrected chi connectivity index (χ4v) is 5.24. The highest BCUT2D eigenvalue weighted by molar-refractivity contribution is 7.17. The minimum Gasteiger partial charge on any atom is -0.364 e. The van der Waals surface area contributed by atoms with E-state index in [0.29, 0.717) is 35.5 Å². The first-order valence-electron chi connectivity index (χ1n) is 13.7. The van der Waals surface area contributed by atoms with Gasteiger partial charge in [0.25, 0.3) is 11.6 Å². The van der Waals surface area contributed by atoms with E-state index in [-0.39, 0.29) is 30.6 Å². The van der Waals surface area contributed by atoms with E-state index in [9.17, 15) is 18.4 Å². The highest BCUT2D eigenvalue weighted by atomic mass is 31.0. The standard InChI is InChI=1S/C31H34F2N5O3P/c1-30(2,3)36-29(40)38-15-14-23-22(20-10-7-11-21(16-20)31(32,33)42)12-13-24(25(23)18-38)27(39)34-17-26-35-28(41-37-26)19-8-5-4-6-9-19/h4-13,16,28H,14-15,17-18,42H2,1-3H3,(H,34,39)(H,35,37)(H,36,40). The summed E-state index contributed by atoms with van der Waals surface area (Å²) in [7, 11) is 1.57. The molecule has 0 spiro atoms. The lowest BCUT2D eigenvalue weighted by Gasteiger charge is -2.34. The predicted molar refractivity (Wildman–Crippen MR) is 161 cm³/mol. The van der Waals surface area contributed by atoms with Gasteiger partial charge in [-0.15, -0.1) is 0 Å². The minimum atomic E-state index is -3.07. The summed E-state index contributed by atoms with van der Waals surface area (Å²) >= 11 is 0. The molecule has 3 amide bonds. The number of nitrogens with one attached hydrogen (secondary N) is 3. The molecule has 3 aromatic rings. The van der Waals surface area contributed by atoms with Crippen LogP contribution in [0.15, 0.2) is 71.9 Å². The van der Waals surface area contributed by atoms with Crippen LogP contribution >= 0.6 is 9.24 Å². The van der Waals surface area contributed by atoms with E-state index in [1.54, 1.807) is 38.4 Å². The Hall–Kier alpha value is -4.04. The molecule has 2 aliphatic heterocycles. The summed E-state index contributed by atoms with van der Waals surface area (Å²) < 4.78 is 28.2. The van der Waals surface area contributed by atoms with Gasteiger partial charge in [0.05, 0.1) is 6.54 Å². The summed E-state index contributed by atoms with van der Waals surface area (Å²) in [5.41, 5.74) is 0.615. The molecule has 42 heavy (non-hydrogen) atoms. The molecule has 8 nitrogen and oxygen atoms in total. The predicted octanol–water partition coefficient (Wildman–Crippen LogP) is 5.51. The minimum absolute atomic E-state index is 0.109. The van der Waals surface area contributed by atoms with Crippen molar-refractivity contribution in [2.24, 2.45) is 5.16 Å². The zero-order chi connectivity index (χ0) is 30.1.